The molecule has 0 aliphatic carbocycles. The Kier molecular flexibility index (Phi) is 4.10. The Labute approximate surface area is 132 Å². The maximum Gasteiger partial charge on any atom is 0.409 e. The van der Waals surface area contributed by atoms with Gasteiger partial charge in [0.25, 0.3) is 0 Å². The molecule has 0 atom stereocenters. The van der Waals surface area contributed by atoms with Crippen molar-refractivity contribution in [1.82, 2.24) is 15.0 Å². The van der Waals surface area contributed by atoms with Crippen LogP contribution in [-0.4, -0.2) is 26.2 Å². The molecule has 1 aromatic carbocycles. The Bertz CT molecular complexity index is 823. The summed E-state index contributed by atoms with van der Waals surface area (Å²) in [5.74, 6) is 0.423. The van der Waals surface area contributed by atoms with Crippen molar-refractivity contribution in [3.63, 3.8) is 0 Å². The normalized spacial score (nSPS) is 10.1. The van der Waals surface area contributed by atoms with Gasteiger partial charge in [0, 0.05) is 35.5 Å². The summed E-state index contributed by atoms with van der Waals surface area (Å²) in [7, 11) is 0. The van der Waals surface area contributed by atoms with Gasteiger partial charge in [0.05, 0.1) is 5.69 Å². The van der Waals surface area contributed by atoms with E-state index in [9.17, 15) is 4.79 Å². The van der Waals surface area contributed by atoms with Gasteiger partial charge in [-0.25, -0.2) is 14.8 Å². The Morgan fingerprint density at radius 1 is 1.00 bits per heavy atom. The summed E-state index contributed by atoms with van der Waals surface area (Å²) in [5.41, 5.74) is 2.85. The SMILES string of the molecule is O=C(O)Nc1cccc(Nc2nccc(-c3ccncc3)n2)c1. The fourth-order valence-electron chi connectivity index (χ4n) is 2.03. The smallest absolute Gasteiger partial charge is 0.409 e. The van der Waals surface area contributed by atoms with E-state index in [1.807, 2.05) is 18.2 Å². The fraction of sp³-hybridized carbons (Fsp3) is 0. The summed E-state index contributed by atoms with van der Waals surface area (Å²) in [4.78, 5) is 23.3. The lowest BCUT2D eigenvalue weighted by atomic mass is 10.2. The number of hydrogen-bond acceptors (Lipinski definition) is 5. The molecule has 0 fully saturated rings. The summed E-state index contributed by atoms with van der Waals surface area (Å²) in [5, 5.41) is 14.1. The second kappa shape index (κ2) is 6.52. The van der Waals surface area contributed by atoms with E-state index in [1.54, 1.807) is 42.9 Å². The second-order valence-corrected chi connectivity index (χ2v) is 4.64. The molecule has 0 bridgehead atoms. The number of nitrogens with one attached hydrogen (secondary N) is 2. The van der Waals surface area contributed by atoms with Crippen molar-refractivity contribution in [3.05, 3.63) is 61.1 Å². The molecule has 7 nitrogen and oxygen atoms in total. The molecule has 7 heteroatoms. The van der Waals surface area contributed by atoms with Gasteiger partial charge in [-0.15, -0.1) is 0 Å². The third-order valence-electron chi connectivity index (χ3n) is 3.00. The highest BCUT2D eigenvalue weighted by molar-refractivity contribution is 5.83. The van der Waals surface area contributed by atoms with Gasteiger partial charge in [-0.05, 0) is 36.4 Å². The van der Waals surface area contributed by atoms with E-state index < -0.39 is 6.09 Å². The molecule has 3 rings (SSSR count). The molecule has 2 heterocycles. The number of benzene rings is 1. The van der Waals surface area contributed by atoms with Gasteiger partial charge in [0.15, 0.2) is 0 Å². The van der Waals surface area contributed by atoms with Crippen molar-refractivity contribution in [3.8, 4) is 11.3 Å². The molecule has 3 N–H and O–H groups in total. The van der Waals surface area contributed by atoms with E-state index in [0.29, 0.717) is 17.3 Å². The van der Waals surface area contributed by atoms with Crippen molar-refractivity contribution in [2.75, 3.05) is 10.6 Å². The van der Waals surface area contributed by atoms with Crippen LogP contribution in [0.2, 0.25) is 0 Å². The minimum atomic E-state index is -1.11. The quantitative estimate of drug-likeness (QED) is 0.683. The Balaban J connectivity index is 1.82. The minimum absolute atomic E-state index is 0.423. The van der Waals surface area contributed by atoms with Gasteiger partial charge < -0.3 is 10.4 Å². The molecule has 0 aliphatic heterocycles. The van der Waals surface area contributed by atoms with Crippen LogP contribution in [0.5, 0.6) is 0 Å². The predicted molar refractivity (Wildman–Crippen MR) is 86.6 cm³/mol. The number of pyridine rings is 1. The first-order chi connectivity index (χ1) is 11.2. The summed E-state index contributed by atoms with van der Waals surface area (Å²) in [6, 6.07) is 12.4. The number of nitrogens with zero attached hydrogens (tertiary/aromatic N) is 3. The van der Waals surface area contributed by atoms with Crippen LogP contribution in [0.4, 0.5) is 22.1 Å². The van der Waals surface area contributed by atoms with E-state index in [2.05, 4.69) is 25.6 Å². The molecule has 0 aliphatic rings. The molecule has 114 valence electrons. The molecule has 0 radical (unpaired) electrons. The van der Waals surface area contributed by atoms with Crippen molar-refractivity contribution in [2.24, 2.45) is 0 Å². The van der Waals surface area contributed by atoms with Gasteiger partial charge in [-0.1, -0.05) is 6.07 Å². The number of anilines is 3. The highest BCUT2D eigenvalue weighted by atomic mass is 16.4. The standard InChI is InChI=1S/C16H13N5O2/c22-16(23)20-13-3-1-2-12(10-13)19-15-18-9-6-14(21-15)11-4-7-17-8-5-11/h1-10,20H,(H,22,23)(H,18,19,21). The number of carbonyl (C=O) groups is 1. The molecule has 3 aromatic rings. The van der Waals surface area contributed by atoms with Crippen molar-refractivity contribution < 1.29 is 9.90 Å². The van der Waals surface area contributed by atoms with E-state index >= 15 is 0 Å². The van der Waals surface area contributed by atoms with Crippen LogP contribution in [0.25, 0.3) is 11.3 Å². The maximum absolute atomic E-state index is 10.7. The average molecular weight is 307 g/mol. The number of amides is 1. The van der Waals surface area contributed by atoms with Gasteiger partial charge >= 0.3 is 6.09 Å². The molecular weight excluding hydrogens is 294 g/mol. The second-order valence-electron chi connectivity index (χ2n) is 4.64. The van der Waals surface area contributed by atoms with Crippen LogP contribution >= 0.6 is 0 Å². The zero-order valence-corrected chi connectivity index (χ0v) is 12.0. The van der Waals surface area contributed by atoms with Crippen molar-refractivity contribution >= 4 is 23.4 Å². The lowest BCUT2D eigenvalue weighted by molar-refractivity contribution is 0.210. The van der Waals surface area contributed by atoms with Gasteiger partial charge in [-0.3, -0.25) is 10.3 Å². The van der Waals surface area contributed by atoms with Gasteiger partial charge in [0.2, 0.25) is 5.95 Å². The van der Waals surface area contributed by atoms with E-state index in [-0.39, 0.29) is 0 Å². The number of carboxylic acid groups (broad SMARTS) is 1. The zero-order valence-electron chi connectivity index (χ0n) is 12.0. The molecule has 0 spiro atoms. The molecular formula is C16H13N5O2. The average Bonchev–Trinajstić information content (AvgIpc) is 2.56. The maximum atomic E-state index is 10.7. The van der Waals surface area contributed by atoms with Crippen molar-refractivity contribution in [2.45, 2.75) is 0 Å². The number of aromatic nitrogens is 3. The van der Waals surface area contributed by atoms with E-state index in [0.717, 1.165) is 11.3 Å². The third kappa shape index (κ3) is 3.79. The lowest BCUT2D eigenvalue weighted by Crippen LogP contribution is -2.07. The summed E-state index contributed by atoms with van der Waals surface area (Å²) in [6.45, 7) is 0. The number of rotatable bonds is 4. The molecule has 23 heavy (non-hydrogen) atoms. The topological polar surface area (TPSA) is 100 Å². The lowest BCUT2D eigenvalue weighted by Gasteiger charge is -2.08. The van der Waals surface area contributed by atoms with Crippen LogP contribution in [0.1, 0.15) is 0 Å². The highest BCUT2D eigenvalue weighted by Gasteiger charge is 2.04. The van der Waals surface area contributed by atoms with Crippen LogP contribution in [-0.2, 0) is 0 Å². The van der Waals surface area contributed by atoms with Crippen LogP contribution in [0.3, 0.4) is 0 Å². The Hall–Kier alpha value is -3.48. The fourth-order valence-corrected chi connectivity index (χ4v) is 2.03. The minimum Gasteiger partial charge on any atom is -0.465 e. The van der Waals surface area contributed by atoms with Gasteiger partial charge in [0.1, 0.15) is 0 Å². The van der Waals surface area contributed by atoms with Crippen LogP contribution < -0.4 is 10.6 Å². The zero-order chi connectivity index (χ0) is 16.1. The largest absolute Gasteiger partial charge is 0.465 e. The third-order valence-corrected chi connectivity index (χ3v) is 3.00. The summed E-state index contributed by atoms with van der Waals surface area (Å²) < 4.78 is 0. The molecule has 0 unspecified atom stereocenters. The summed E-state index contributed by atoms with van der Waals surface area (Å²) in [6.07, 6.45) is 3.94. The molecule has 0 saturated carbocycles. The summed E-state index contributed by atoms with van der Waals surface area (Å²) >= 11 is 0. The first-order valence-corrected chi connectivity index (χ1v) is 6.81. The monoisotopic (exact) mass is 307 g/mol. The first kappa shape index (κ1) is 14.5. The van der Waals surface area contributed by atoms with E-state index in [1.165, 1.54) is 0 Å². The molecule has 2 aromatic heterocycles. The Morgan fingerprint density at radius 2 is 1.78 bits per heavy atom. The molecule has 1 amide bonds. The highest BCUT2D eigenvalue weighted by Crippen LogP contribution is 2.20. The molecule has 0 saturated heterocycles. The Morgan fingerprint density at radius 3 is 2.57 bits per heavy atom. The van der Waals surface area contributed by atoms with Crippen LogP contribution in [0.15, 0.2) is 61.1 Å². The first-order valence-electron chi connectivity index (χ1n) is 6.81. The van der Waals surface area contributed by atoms with Crippen LogP contribution in [0, 0.1) is 0 Å². The predicted octanol–water partition coefficient (Wildman–Crippen LogP) is 3.37. The van der Waals surface area contributed by atoms with E-state index in [4.69, 9.17) is 5.11 Å². The van der Waals surface area contributed by atoms with Gasteiger partial charge in [-0.2, -0.15) is 0 Å². The number of hydrogen-bond donors (Lipinski definition) is 3. The van der Waals surface area contributed by atoms with Crippen molar-refractivity contribution in [1.29, 1.82) is 0 Å².